The van der Waals surface area contributed by atoms with Gasteiger partial charge in [0, 0.05) is 29.6 Å². The molecule has 1 aliphatic rings. The van der Waals surface area contributed by atoms with Crippen molar-refractivity contribution in [1.29, 1.82) is 0 Å². The lowest BCUT2D eigenvalue weighted by molar-refractivity contribution is -0.140. The third kappa shape index (κ3) is 4.73. The number of benzene rings is 1. The molecule has 0 aliphatic carbocycles. The molecule has 1 N–H and O–H groups in total. The summed E-state index contributed by atoms with van der Waals surface area (Å²) in [6, 6.07) is 11.3. The minimum atomic E-state index is -0.524. The fourth-order valence-electron chi connectivity index (χ4n) is 3.87. The van der Waals surface area contributed by atoms with Crippen LogP contribution in [0.4, 0.5) is 5.69 Å². The van der Waals surface area contributed by atoms with Crippen molar-refractivity contribution >= 4 is 34.7 Å². The lowest BCUT2D eigenvalue weighted by Crippen LogP contribution is -2.45. The number of carbonyl (C=O) groups is 3. The second-order valence-corrected chi connectivity index (χ2v) is 8.92. The minimum Gasteiger partial charge on any atom is -0.352 e. The predicted octanol–water partition coefficient (Wildman–Crippen LogP) is 3.52. The first-order chi connectivity index (χ1) is 14.3. The number of hydrogen-bond donors (Lipinski definition) is 1. The molecule has 160 valence electrons. The number of nitrogens with one attached hydrogen (secondary N) is 1. The average Bonchev–Trinajstić information content (AvgIpc) is 3.33. The molecule has 7 heteroatoms. The summed E-state index contributed by atoms with van der Waals surface area (Å²) in [6.07, 6.45) is 0.136. The summed E-state index contributed by atoms with van der Waals surface area (Å²) >= 11 is 1.54. The van der Waals surface area contributed by atoms with Gasteiger partial charge in [-0.15, -0.1) is 11.3 Å². The molecule has 2 unspecified atom stereocenters. The van der Waals surface area contributed by atoms with Gasteiger partial charge in [-0.25, -0.2) is 0 Å². The van der Waals surface area contributed by atoms with Crippen LogP contribution in [-0.2, 0) is 14.4 Å². The normalized spacial score (nSPS) is 18.7. The van der Waals surface area contributed by atoms with E-state index >= 15 is 0 Å². The van der Waals surface area contributed by atoms with Crippen LogP contribution in [0.2, 0.25) is 0 Å². The van der Waals surface area contributed by atoms with Crippen molar-refractivity contribution in [3.8, 4) is 0 Å². The van der Waals surface area contributed by atoms with Crippen molar-refractivity contribution in [3.05, 3.63) is 52.2 Å². The summed E-state index contributed by atoms with van der Waals surface area (Å²) in [5.74, 6) is -0.937. The Kier molecular flexibility index (Phi) is 6.92. The van der Waals surface area contributed by atoms with Gasteiger partial charge in [0.15, 0.2) is 0 Å². The van der Waals surface area contributed by atoms with E-state index in [4.69, 9.17) is 0 Å². The summed E-state index contributed by atoms with van der Waals surface area (Å²) in [7, 11) is 0. The highest BCUT2D eigenvalue weighted by molar-refractivity contribution is 7.10. The van der Waals surface area contributed by atoms with Crippen LogP contribution in [0.15, 0.2) is 41.8 Å². The van der Waals surface area contributed by atoms with Crippen molar-refractivity contribution in [2.75, 3.05) is 18.0 Å². The first-order valence-electron chi connectivity index (χ1n) is 10.3. The van der Waals surface area contributed by atoms with Gasteiger partial charge in [0.1, 0.15) is 0 Å². The minimum absolute atomic E-state index is 0.000103. The molecule has 2 aromatic rings. The van der Waals surface area contributed by atoms with Crippen LogP contribution < -0.4 is 10.2 Å². The van der Waals surface area contributed by atoms with E-state index in [-0.39, 0.29) is 42.8 Å². The molecule has 0 spiro atoms. The van der Waals surface area contributed by atoms with Crippen molar-refractivity contribution in [2.24, 2.45) is 5.92 Å². The molecule has 1 aromatic heterocycles. The van der Waals surface area contributed by atoms with Gasteiger partial charge in [-0.1, -0.05) is 23.8 Å². The first kappa shape index (κ1) is 22.0. The van der Waals surface area contributed by atoms with Gasteiger partial charge in [0.05, 0.1) is 18.5 Å². The predicted molar refractivity (Wildman–Crippen MR) is 119 cm³/mol. The smallest absolute Gasteiger partial charge is 0.239 e. The highest BCUT2D eigenvalue weighted by atomic mass is 32.1. The molecule has 0 bridgehead atoms. The quantitative estimate of drug-likeness (QED) is 0.735. The summed E-state index contributed by atoms with van der Waals surface area (Å²) in [4.78, 5) is 43.0. The molecule has 3 rings (SSSR count). The van der Waals surface area contributed by atoms with Crippen LogP contribution in [0, 0.1) is 12.8 Å². The maximum atomic E-state index is 13.5. The van der Waals surface area contributed by atoms with Crippen LogP contribution >= 0.6 is 11.3 Å². The Balaban J connectivity index is 1.90. The van der Waals surface area contributed by atoms with Gasteiger partial charge in [-0.2, -0.15) is 0 Å². The van der Waals surface area contributed by atoms with Crippen LogP contribution in [0.1, 0.15) is 43.7 Å². The van der Waals surface area contributed by atoms with E-state index in [1.165, 1.54) is 0 Å². The number of aryl methyl sites for hydroxylation is 1. The van der Waals surface area contributed by atoms with Crippen LogP contribution in [0.3, 0.4) is 0 Å². The number of nitrogens with zero attached hydrogens (tertiary/aromatic N) is 2. The number of rotatable bonds is 7. The fourth-order valence-corrected chi connectivity index (χ4v) is 4.75. The van der Waals surface area contributed by atoms with Crippen molar-refractivity contribution in [1.82, 2.24) is 10.2 Å². The third-order valence-electron chi connectivity index (χ3n) is 5.26. The van der Waals surface area contributed by atoms with E-state index in [9.17, 15) is 14.4 Å². The first-order valence-corrected chi connectivity index (χ1v) is 11.2. The number of carbonyl (C=O) groups excluding carboxylic acids is 3. The molecule has 1 aliphatic heterocycles. The lowest BCUT2D eigenvalue weighted by atomic mass is 9.96. The Hall–Kier alpha value is -2.67. The Morgan fingerprint density at radius 2 is 1.93 bits per heavy atom. The molecule has 1 fully saturated rings. The molecule has 1 saturated heterocycles. The van der Waals surface area contributed by atoms with Crippen LogP contribution in [0.25, 0.3) is 0 Å². The van der Waals surface area contributed by atoms with E-state index in [0.717, 1.165) is 16.1 Å². The Bertz CT molecular complexity index is 893. The number of likely N-dealkylation sites (N-methyl/N-ethyl adjacent to an activating group) is 1. The Labute approximate surface area is 181 Å². The molecular weight excluding hydrogens is 398 g/mol. The standard InChI is InChI=1S/C23H29N3O3S/c1-5-25(14-20(27)24-15(2)3)23(29)18-13-21(28)26(17-10-8-16(4)9-11-17)22(18)19-7-6-12-30-19/h6-12,15,18,22H,5,13-14H2,1-4H3,(H,24,27). The van der Waals surface area contributed by atoms with Crippen molar-refractivity contribution in [2.45, 2.75) is 46.2 Å². The summed E-state index contributed by atoms with van der Waals surface area (Å²) in [5.41, 5.74) is 1.90. The Morgan fingerprint density at radius 3 is 2.50 bits per heavy atom. The zero-order chi connectivity index (χ0) is 21.8. The summed E-state index contributed by atoms with van der Waals surface area (Å²) < 4.78 is 0. The van der Waals surface area contributed by atoms with Gasteiger partial charge in [0.2, 0.25) is 17.7 Å². The number of anilines is 1. The molecule has 6 nitrogen and oxygen atoms in total. The largest absolute Gasteiger partial charge is 0.352 e. The van der Waals surface area contributed by atoms with E-state index < -0.39 is 5.92 Å². The van der Waals surface area contributed by atoms with E-state index in [1.807, 2.05) is 69.5 Å². The zero-order valence-electron chi connectivity index (χ0n) is 17.9. The highest BCUT2D eigenvalue weighted by Crippen LogP contribution is 2.43. The zero-order valence-corrected chi connectivity index (χ0v) is 18.7. The molecule has 1 aromatic carbocycles. The maximum Gasteiger partial charge on any atom is 0.239 e. The Morgan fingerprint density at radius 1 is 1.23 bits per heavy atom. The average molecular weight is 428 g/mol. The van der Waals surface area contributed by atoms with Crippen molar-refractivity contribution < 1.29 is 14.4 Å². The van der Waals surface area contributed by atoms with Gasteiger partial charge in [-0.05, 0) is 51.3 Å². The van der Waals surface area contributed by atoms with Crippen LogP contribution in [-0.4, -0.2) is 41.8 Å². The molecule has 3 amide bonds. The molecule has 0 saturated carbocycles. The summed E-state index contributed by atoms with van der Waals surface area (Å²) in [6.45, 7) is 8.04. The second kappa shape index (κ2) is 9.43. The number of amides is 3. The van der Waals surface area contributed by atoms with Gasteiger partial charge >= 0.3 is 0 Å². The van der Waals surface area contributed by atoms with Gasteiger partial charge < -0.3 is 15.1 Å². The SMILES string of the molecule is CCN(CC(=O)NC(C)C)C(=O)C1CC(=O)N(c2ccc(C)cc2)C1c1cccs1. The monoisotopic (exact) mass is 427 g/mol. The van der Waals surface area contributed by atoms with E-state index in [2.05, 4.69) is 5.32 Å². The topological polar surface area (TPSA) is 69.7 Å². The van der Waals surface area contributed by atoms with E-state index in [0.29, 0.717) is 6.54 Å². The molecule has 2 heterocycles. The fraction of sp³-hybridized carbons (Fsp3) is 0.435. The second-order valence-electron chi connectivity index (χ2n) is 7.94. The lowest BCUT2D eigenvalue weighted by Gasteiger charge is -2.30. The molecular formula is C23H29N3O3S. The van der Waals surface area contributed by atoms with Gasteiger partial charge in [0.25, 0.3) is 0 Å². The molecule has 2 atom stereocenters. The number of hydrogen-bond acceptors (Lipinski definition) is 4. The maximum absolute atomic E-state index is 13.5. The highest BCUT2D eigenvalue weighted by Gasteiger charge is 2.47. The van der Waals surface area contributed by atoms with Crippen molar-refractivity contribution in [3.63, 3.8) is 0 Å². The van der Waals surface area contributed by atoms with Crippen LogP contribution in [0.5, 0.6) is 0 Å². The molecule has 30 heavy (non-hydrogen) atoms. The third-order valence-corrected chi connectivity index (χ3v) is 6.21. The number of thiophene rings is 1. The van der Waals surface area contributed by atoms with E-state index in [1.54, 1.807) is 21.1 Å². The summed E-state index contributed by atoms with van der Waals surface area (Å²) in [5, 5.41) is 4.79. The van der Waals surface area contributed by atoms with Gasteiger partial charge in [-0.3, -0.25) is 14.4 Å². The molecule has 0 radical (unpaired) electrons.